The van der Waals surface area contributed by atoms with Gasteiger partial charge in [0.15, 0.2) is 0 Å². The highest BCUT2D eigenvalue weighted by Crippen LogP contribution is 2.20. The summed E-state index contributed by atoms with van der Waals surface area (Å²) in [7, 11) is 0. The lowest BCUT2D eigenvalue weighted by molar-refractivity contribution is 0.289. The van der Waals surface area contributed by atoms with Gasteiger partial charge in [-0.2, -0.15) is 5.10 Å². The van der Waals surface area contributed by atoms with Crippen LogP contribution in [-0.4, -0.2) is 22.4 Å². The Balaban J connectivity index is 1.49. The molecule has 21 heavy (non-hydrogen) atoms. The van der Waals surface area contributed by atoms with Crippen LogP contribution in [-0.2, 0) is 13.1 Å². The lowest BCUT2D eigenvalue weighted by atomic mass is 10.2. The highest BCUT2D eigenvalue weighted by Gasteiger charge is 2.20. The van der Waals surface area contributed by atoms with Crippen molar-refractivity contribution in [3.05, 3.63) is 46.2 Å². The minimum atomic E-state index is 0.625. The van der Waals surface area contributed by atoms with Gasteiger partial charge in [0, 0.05) is 28.3 Å². The van der Waals surface area contributed by atoms with Gasteiger partial charge < -0.3 is 10.1 Å². The summed E-state index contributed by atoms with van der Waals surface area (Å²) in [5.41, 5.74) is 2.51. The molecule has 1 aromatic heterocycles. The van der Waals surface area contributed by atoms with E-state index in [9.17, 15) is 0 Å². The van der Waals surface area contributed by atoms with E-state index in [2.05, 4.69) is 33.3 Å². The van der Waals surface area contributed by atoms with Gasteiger partial charge in [0.05, 0.1) is 12.7 Å². The van der Waals surface area contributed by atoms with E-state index < -0.39 is 0 Å². The van der Waals surface area contributed by atoms with Gasteiger partial charge in [-0.1, -0.05) is 15.9 Å². The number of hydrogen-bond donors (Lipinski definition) is 1. The molecule has 0 atom stereocenters. The van der Waals surface area contributed by atoms with Crippen LogP contribution < -0.4 is 10.1 Å². The first-order valence-electron chi connectivity index (χ1n) is 7.35. The topological polar surface area (TPSA) is 39.1 Å². The maximum atomic E-state index is 5.74. The predicted octanol–water partition coefficient (Wildman–Crippen LogP) is 3.29. The van der Waals surface area contributed by atoms with Crippen LogP contribution in [0.3, 0.4) is 0 Å². The molecule has 1 aliphatic carbocycles. The summed E-state index contributed by atoms with van der Waals surface area (Å²) in [6, 6.07) is 8.62. The van der Waals surface area contributed by atoms with Crippen LogP contribution in [0.15, 0.2) is 34.9 Å². The Morgan fingerprint density at radius 2 is 2.10 bits per heavy atom. The molecule has 0 bridgehead atoms. The molecule has 0 unspecified atom stereocenters. The summed E-state index contributed by atoms with van der Waals surface area (Å²) in [4.78, 5) is 0. The van der Waals surface area contributed by atoms with Crippen molar-refractivity contribution in [3.63, 3.8) is 0 Å². The smallest absolute Gasteiger partial charge is 0.119 e. The maximum Gasteiger partial charge on any atom is 0.119 e. The van der Waals surface area contributed by atoms with Crippen LogP contribution in [0, 0.1) is 6.92 Å². The Labute approximate surface area is 133 Å². The molecule has 0 aliphatic heterocycles. The fourth-order valence-electron chi connectivity index (χ4n) is 2.21. The highest BCUT2D eigenvalue weighted by atomic mass is 79.9. The summed E-state index contributed by atoms with van der Waals surface area (Å²) in [5, 5.41) is 7.97. The van der Waals surface area contributed by atoms with E-state index in [1.807, 2.05) is 35.1 Å². The SMILES string of the molecule is Cc1c(CNC2CC2)cnn1CCOc1ccc(Br)cc1. The van der Waals surface area contributed by atoms with Gasteiger partial charge >= 0.3 is 0 Å². The second kappa shape index (κ2) is 6.62. The molecule has 1 N–H and O–H groups in total. The molecule has 1 heterocycles. The van der Waals surface area contributed by atoms with Crippen LogP contribution in [0.5, 0.6) is 5.75 Å². The highest BCUT2D eigenvalue weighted by molar-refractivity contribution is 9.10. The number of benzene rings is 1. The lowest BCUT2D eigenvalue weighted by Gasteiger charge is -2.08. The fourth-order valence-corrected chi connectivity index (χ4v) is 2.47. The second-order valence-electron chi connectivity index (χ2n) is 5.44. The molecule has 1 aromatic carbocycles. The van der Waals surface area contributed by atoms with Crippen molar-refractivity contribution >= 4 is 15.9 Å². The number of nitrogens with zero attached hydrogens (tertiary/aromatic N) is 2. The van der Waals surface area contributed by atoms with Gasteiger partial charge in [0.1, 0.15) is 12.4 Å². The summed E-state index contributed by atoms with van der Waals surface area (Å²) < 4.78 is 8.82. The number of hydrogen-bond acceptors (Lipinski definition) is 3. The molecular formula is C16H20BrN3O. The van der Waals surface area contributed by atoms with Gasteiger partial charge in [0.25, 0.3) is 0 Å². The first-order valence-corrected chi connectivity index (χ1v) is 8.15. The van der Waals surface area contributed by atoms with Crippen LogP contribution in [0.1, 0.15) is 24.1 Å². The van der Waals surface area contributed by atoms with Gasteiger partial charge in [-0.3, -0.25) is 4.68 Å². The molecular weight excluding hydrogens is 330 g/mol. The van der Waals surface area contributed by atoms with Crippen molar-refractivity contribution in [2.24, 2.45) is 0 Å². The Hall–Kier alpha value is -1.33. The molecule has 1 aliphatic rings. The largest absolute Gasteiger partial charge is 0.492 e. The summed E-state index contributed by atoms with van der Waals surface area (Å²) in [6.45, 7) is 4.44. The number of aromatic nitrogens is 2. The Bertz CT molecular complexity index is 590. The molecule has 1 fully saturated rings. The minimum absolute atomic E-state index is 0.625. The van der Waals surface area contributed by atoms with Crippen LogP contribution in [0.4, 0.5) is 0 Å². The van der Waals surface area contributed by atoms with Gasteiger partial charge in [-0.05, 0) is 44.0 Å². The standard InChI is InChI=1S/C16H20BrN3O/c1-12-13(10-18-15-4-5-15)11-19-20(12)8-9-21-16-6-2-14(17)3-7-16/h2-3,6-7,11,15,18H,4-5,8-10H2,1H3. The van der Waals surface area contributed by atoms with Crippen molar-refractivity contribution in [1.29, 1.82) is 0 Å². The molecule has 0 amide bonds. The first kappa shape index (κ1) is 14.6. The van der Waals surface area contributed by atoms with E-state index in [1.54, 1.807) is 0 Å². The van der Waals surface area contributed by atoms with Crippen LogP contribution >= 0.6 is 15.9 Å². The summed E-state index contributed by atoms with van der Waals surface area (Å²) in [5.74, 6) is 0.888. The number of ether oxygens (including phenoxy) is 1. The Morgan fingerprint density at radius 3 is 2.81 bits per heavy atom. The van der Waals surface area contributed by atoms with Crippen molar-refractivity contribution < 1.29 is 4.74 Å². The zero-order chi connectivity index (χ0) is 14.7. The third kappa shape index (κ3) is 4.08. The van der Waals surface area contributed by atoms with E-state index >= 15 is 0 Å². The molecule has 1 saturated carbocycles. The molecule has 112 valence electrons. The van der Waals surface area contributed by atoms with Gasteiger partial charge in [-0.15, -0.1) is 0 Å². The molecule has 0 saturated heterocycles. The number of nitrogens with one attached hydrogen (secondary N) is 1. The fraction of sp³-hybridized carbons (Fsp3) is 0.438. The normalized spacial score (nSPS) is 14.4. The van der Waals surface area contributed by atoms with E-state index in [0.29, 0.717) is 6.61 Å². The van der Waals surface area contributed by atoms with Crippen molar-refractivity contribution in [2.45, 2.75) is 38.9 Å². The molecule has 4 nitrogen and oxygen atoms in total. The monoisotopic (exact) mass is 349 g/mol. The number of rotatable bonds is 7. The summed E-state index contributed by atoms with van der Waals surface area (Å²) >= 11 is 3.42. The number of halogens is 1. The molecule has 2 aromatic rings. The minimum Gasteiger partial charge on any atom is -0.492 e. The summed E-state index contributed by atoms with van der Waals surface area (Å²) in [6.07, 6.45) is 4.59. The molecule has 5 heteroatoms. The predicted molar refractivity (Wildman–Crippen MR) is 86.5 cm³/mol. The zero-order valence-corrected chi connectivity index (χ0v) is 13.8. The maximum absolute atomic E-state index is 5.74. The van der Waals surface area contributed by atoms with E-state index in [4.69, 9.17) is 4.74 Å². The Morgan fingerprint density at radius 1 is 1.33 bits per heavy atom. The zero-order valence-electron chi connectivity index (χ0n) is 12.2. The molecule has 3 rings (SSSR count). The molecule has 0 radical (unpaired) electrons. The van der Waals surface area contributed by atoms with E-state index in [1.165, 1.54) is 24.1 Å². The van der Waals surface area contributed by atoms with Crippen LogP contribution in [0.25, 0.3) is 0 Å². The third-order valence-corrected chi connectivity index (χ3v) is 4.28. The lowest BCUT2D eigenvalue weighted by Crippen LogP contribution is -2.16. The van der Waals surface area contributed by atoms with Gasteiger partial charge in [-0.25, -0.2) is 0 Å². The van der Waals surface area contributed by atoms with E-state index in [-0.39, 0.29) is 0 Å². The molecule has 0 spiro atoms. The second-order valence-corrected chi connectivity index (χ2v) is 6.35. The van der Waals surface area contributed by atoms with Crippen LogP contribution in [0.2, 0.25) is 0 Å². The van der Waals surface area contributed by atoms with E-state index in [0.717, 1.165) is 29.4 Å². The van der Waals surface area contributed by atoms with Crippen molar-refractivity contribution in [1.82, 2.24) is 15.1 Å². The quantitative estimate of drug-likeness (QED) is 0.833. The average Bonchev–Trinajstić information content (AvgIpc) is 3.25. The van der Waals surface area contributed by atoms with Crippen molar-refractivity contribution in [2.75, 3.05) is 6.61 Å². The van der Waals surface area contributed by atoms with Gasteiger partial charge in [0.2, 0.25) is 0 Å². The third-order valence-electron chi connectivity index (χ3n) is 3.75. The average molecular weight is 350 g/mol. The Kier molecular flexibility index (Phi) is 4.60. The first-order chi connectivity index (χ1) is 10.2. The van der Waals surface area contributed by atoms with Crippen molar-refractivity contribution in [3.8, 4) is 5.75 Å².